The Morgan fingerprint density at radius 3 is 2.21 bits per heavy atom. The zero-order valence-corrected chi connectivity index (χ0v) is 16.7. The van der Waals surface area contributed by atoms with E-state index in [1.54, 1.807) is 0 Å². The summed E-state index contributed by atoms with van der Waals surface area (Å²) in [5.74, 6) is 2.32. The number of hydrogen-bond donors (Lipinski definition) is 1. The van der Waals surface area contributed by atoms with Crippen LogP contribution >= 0.6 is 0 Å². The third-order valence-electron chi connectivity index (χ3n) is 5.23. The average Bonchev–Trinajstić information content (AvgIpc) is 2.68. The van der Waals surface area contributed by atoms with E-state index in [1.807, 2.05) is 32.9 Å². The first-order valence-corrected chi connectivity index (χ1v) is 10.0. The molecule has 0 bridgehead atoms. The summed E-state index contributed by atoms with van der Waals surface area (Å²) in [6.45, 7) is 8.51. The molecule has 28 heavy (non-hydrogen) atoms. The molecule has 1 unspecified atom stereocenters. The predicted molar refractivity (Wildman–Crippen MR) is 109 cm³/mol. The van der Waals surface area contributed by atoms with Gasteiger partial charge < -0.3 is 24.2 Å². The van der Waals surface area contributed by atoms with E-state index in [1.165, 1.54) is 11.1 Å². The van der Waals surface area contributed by atoms with Crippen LogP contribution in [0.1, 0.15) is 37.9 Å². The standard InChI is InChI=1S/C23H27NO4/c1-4-26-21-13-18-15(10-20(21)25)7-8-24-14-17-12-23(28-6-3)22(27-5-2)11-16(17)9-19(18)24/h9-14,19,25H,4-8H2,1-3H3. The third kappa shape index (κ3) is 3.26. The Morgan fingerprint density at radius 2 is 1.54 bits per heavy atom. The molecule has 5 heteroatoms. The van der Waals surface area contributed by atoms with Crippen molar-refractivity contribution in [3.05, 3.63) is 45.8 Å². The molecule has 5 nitrogen and oxygen atoms in total. The molecule has 0 radical (unpaired) electrons. The summed E-state index contributed by atoms with van der Waals surface area (Å²) >= 11 is 0. The van der Waals surface area contributed by atoms with Crippen molar-refractivity contribution in [3.8, 4) is 23.0 Å². The summed E-state index contributed by atoms with van der Waals surface area (Å²) in [4.78, 5) is 2.34. The van der Waals surface area contributed by atoms with Gasteiger partial charge in [-0.3, -0.25) is 0 Å². The van der Waals surface area contributed by atoms with E-state index in [0.29, 0.717) is 25.6 Å². The van der Waals surface area contributed by atoms with Gasteiger partial charge in [-0.15, -0.1) is 0 Å². The lowest BCUT2D eigenvalue weighted by molar-refractivity contribution is 0.286. The average molecular weight is 381 g/mol. The molecule has 2 aromatic rings. The van der Waals surface area contributed by atoms with Gasteiger partial charge in [-0.05, 0) is 73.9 Å². The smallest absolute Gasteiger partial charge is 0.161 e. The Balaban J connectivity index is 1.82. The highest BCUT2D eigenvalue weighted by Gasteiger charge is 2.27. The van der Waals surface area contributed by atoms with Crippen LogP contribution in [-0.4, -0.2) is 36.4 Å². The van der Waals surface area contributed by atoms with Crippen LogP contribution in [0.2, 0.25) is 0 Å². The molecule has 0 fully saturated rings. The Morgan fingerprint density at radius 1 is 0.893 bits per heavy atom. The Hall–Kier alpha value is -2.82. The largest absolute Gasteiger partial charge is 0.504 e. The maximum atomic E-state index is 10.2. The van der Waals surface area contributed by atoms with Gasteiger partial charge in [0.25, 0.3) is 0 Å². The molecule has 0 aromatic heterocycles. The maximum absolute atomic E-state index is 10.2. The van der Waals surface area contributed by atoms with E-state index in [4.69, 9.17) is 14.2 Å². The van der Waals surface area contributed by atoms with E-state index < -0.39 is 0 Å². The molecule has 4 rings (SSSR count). The summed E-state index contributed by atoms with van der Waals surface area (Å²) < 4.78 is 17.2. The molecule has 0 aliphatic carbocycles. The second-order valence-corrected chi connectivity index (χ2v) is 6.97. The van der Waals surface area contributed by atoms with Crippen molar-refractivity contribution in [2.75, 3.05) is 26.4 Å². The van der Waals surface area contributed by atoms with Gasteiger partial charge in [0.05, 0.1) is 25.9 Å². The number of fused-ring (bicyclic) bond motifs is 4. The Labute approximate surface area is 165 Å². The molecule has 0 saturated heterocycles. The first-order chi connectivity index (χ1) is 13.6. The van der Waals surface area contributed by atoms with Gasteiger partial charge in [0.1, 0.15) is 0 Å². The molecule has 0 amide bonds. The quantitative estimate of drug-likeness (QED) is 0.834. The molecule has 2 aliphatic heterocycles. The summed E-state index contributed by atoms with van der Waals surface area (Å²) in [5.41, 5.74) is 2.35. The van der Waals surface area contributed by atoms with Crippen LogP contribution in [-0.2, 0) is 6.42 Å². The van der Waals surface area contributed by atoms with Crippen LogP contribution in [0.15, 0.2) is 24.3 Å². The van der Waals surface area contributed by atoms with E-state index in [9.17, 15) is 5.11 Å². The summed E-state index contributed by atoms with van der Waals surface area (Å²) in [6.07, 6.45) is 5.35. The van der Waals surface area contributed by atoms with Gasteiger partial charge >= 0.3 is 0 Å². The van der Waals surface area contributed by atoms with Crippen LogP contribution in [0, 0.1) is 0 Å². The molecule has 2 heterocycles. The third-order valence-corrected chi connectivity index (χ3v) is 5.23. The van der Waals surface area contributed by atoms with E-state index in [0.717, 1.165) is 34.9 Å². The zero-order valence-electron chi connectivity index (χ0n) is 16.7. The number of aromatic hydroxyl groups is 1. The molecule has 0 spiro atoms. The number of benzene rings is 2. The number of phenolic OH excluding ortho intramolecular Hbond substituents is 1. The van der Waals surface area contributed by atoms with Gasteiger partial charge in [-0.2, -0.15) is 0 Å². The number of ether oxygens (including phenoxy) is 3. The number of rotatable bonds is 6. The monoisotopic (exact) mass is 381 g/mol. The minimum absolute atomic E-state index is 0.114. The van der Waals surface area contributed by atoms with Gasteiger partial charge in [0.15, 0.2) is 23.0 Å². The highest BCUT2D eigenvalue weighted by Crippen LogP contribution is 2.39. The minimum Gasteiger partial charge on any atom is -0.504 e. The lowest BCUT2D eigenvalue weighted by Crippen LogP contribution is -2.40. The molecular formula is C23H27NO4. The maximum Gasteiger partial charge on any atom is 0.161 e. The van der Waals surface area contributed by atoms with Crippen molar-refractivity contribution >= 4 is 12.3 Å². The highest BCUT2D eigenvalue weighted by atomic mass is 16.5. The molecule has 2 aromatic carbocycles. The fraction of sp³-hybridized carbons (Fsp3) is 0.391. The minimum atomic E-state index is 0.114. The molecule has 1 atom stereocenters. The van der Waals surface area contributed by atoms with Crippen LogP contribution in [0.4, 0.5) is 0 Å². The van der Waals surface area contributed by atoms with Gasteiger partial charge in [0.2, 0.25) is 0 Å². The number of phenols is 1. The van der Waals surface area contributed by atoms with E-state index in [2.05, 4.69) is 29.3 Å². The molecule has 0 saturated carbocycles. The zero-order chi connectivity index (χ0) is 19.7. The van der Waals surface area contributed by atoms with Crippen molar-refractivity contribution in [1.82, 2.24) is 4.90 Å². The van der Waals surface area contributed by atoms with Crippen molar-refractivity contribution in [1.29, 1.82) is 0 Å². The summed E-state index contributed by atoms with van der Waals surface area (Å²) in [7, 11) is 0. The van der Waals surface area contributed by atoms with Gasteiger partial charge in [0, 0.05) is 18.0 Å². The van der Waals surface area contributed by atoms with Crippen molar-refractivity contribution in [2.24, 2.45) is 0 Å². The second kappa shape index (κ2) is 7.66. The van der Waals surface area contributed by atoms with Crippen LogP contribution in [0.25, 0.3) is 12.3 Å². The predicted octanol–water partition coefficient (Wildman–Crippen LogP) is 2.72. The molecular weight excluding hydrogens is 354 g/mol. The Bertz CT molecular complexity index is 999. The second-order valence-electron chi connectivity index (χ2n) is 6.97. The first-order valence-electron chi connectivity index (χ1n) is 10.0. The highest BCUT2D eigenvalue weighted by molar-refractivity contribution is 5.58. The number of nitrogens with zero attached hydrogens (tertiary/aromatic N) is 1. The first kappa shape index (κ1) is 18.5. The van der Waals surface area contributed by atoms with Gasteiger partial charge in [-0.25, -0.2) is 0 Å². The van der Waals surface area contributed by atoms with Gasteiger partial charge in [-0.1, -0.05) is 0 Å². The van der Waals surface area contributed by atoms with Crippen molar-refractivity contribution < 1.29 is 19.3 Å². The lowest BCUT2D eigenvalue weighted by atomic mass is 9.90. The summed E-state index contributed by atoms with van der Waals surface area (Å²) in [6, 6.07) is 8.08. The molecule has 2 aliphatic rings. The fourth-order valence-corrected chi connectivity index (χ4v) is 4.02. The van der Waals surface area contributed by atoms with Crippen LogP contribution < -0.4 is 24.6 Å². The van der Waals surface area contributed by atoms with E-state index in [-0.39, 0.29) is 11.8 Å². The molecule has 148 valence electrons. The fourth-order valence-electron chi connectivity index (χ4n) is 4.02. The number of hydrogen-bond acceptors (Lipinski definition) is 5. The van der Waals surface area contributed by atoms with E-state index >= 15 is 0 Å². The van der Waals surface area contributed by atoms with Crippen molar-refractivity contribution in [3.63, 3.8) is 0 Å². The lowest BCUT2D eigenvalue weighted by Gasteiger charge is -2.37. The SMILES string of the molecule is CCOc1cc2c(cc1O)CCN1C=c3cc(OCC)c(OCC)cc3=CC21. The van der Waals surface area contributed by atoms with Crippen molar-refractivity contribution in [2.45, 2.75) is 33.2 Å². The van der Waals surface area contributed by atoms with Crippen LogP contribution in [0.3, 0.4) is 0 Å². The molecule has 1 N–H and O–H groups in total. The normalized spacial score (nSPS) is 16.8. The topological polar surface area (TPSA) is 51.2 Å². The Kier molecular flexibility index (Phi) is 5.07. The summed E-state index contributed by atoms with van der Waals surface area (Å²) in [5, 5.41) is 12.5. The van der Waals surface area contributed by atoms with Crippen LogP contribution in [0.5, 0.6) is 23.0 Å².